The topological polar surface area (TPSA) is 72.6 Å². The van der Waals surface area contributed by atoms with Gasteiger partial charge >= 0.3 is 0 Å². The second-order valence-corrected chi connectivity index (χ2v) is 3.55. The molecule has 2 amide bonds. The molecule has 4 atom stereocenters. The summed E-state index contributed by atoms with van der Waals surface area (Å²) in [5.74, 6) is 3.95. The molecule has 0 spiro atoms. The maximum Gasteiger partial charge on any atom is 0.250 e. The molecular formula is C8H8N2O3. The Hall–Kier alpha value is -1.20. The number of imide groups is 1. The van der Waals surface area contributed by atoms with Crippen LogP contribution in [0.5, 0.6) is 0 Å². The molecule has 0 unspecified atom stereocenters. The molecule has 0 aliphatic carbocycles. The largest absolute Gasteiger partial charge is 0.365 e. The first-order valence-corrected chi connectivity index (χ1v) is 4.16. The smallest absolute Gasteiger partial charge is 0.250 e. The lowest BCUT2D eigenvalue weighted by molar-refractivity contribution is -0.142. The van der Waals surface area contributed by atoms with Crippen molar-refractivity contribution in [2.45, 2.75) is 12.2 Å². The van der Waals surface area contributed by atoms with Gasteiger partial charge in [-0.3, -0.25) is 9.59 Å². The summed E-state index contributed by atoms with van der Waals surface area (Å²) in [5.41, 5.74) is 0. The number of hydrogen-bond donors (Lipinski definition) is 1. The Morgan fingerprint density at radius 1 is 1.15 bits per heavy atom. The number of ether oxygens (including phenoxy) is 1. The summed E-state index contributed by atoms with van der Waals surface area (Å²) >= 11 is 0. The van der Waals surface area contributed by atoms with Crippen molar-refractivity contribution in [2.24, 2.45) is 17.7 Å². The summed E-state index contributed by atoms with van der Waals surface area (Å²) in [7, 11) is 0. The normalized spacial score (nSPS) is 46.4. The maximum atomic E-state index is 11.5. The zero-order valence-corrected chi connectivity index (χ0v) is 6.71. The molecule has 0 aromatic heterocycles. The zero-order chi connectivity index (χ0) is 9.16. The number of fused-ring (bicyclic) bond motifs is 5. The van der Waals surface area contributed by atoms with Gasteiger partial charge in [0.2, 0.25) is 0 Å². The highest BCUT2D eigenvalue weighted by atomic mass is 16.5. The Balaban J connectivity index is 2.08. The van der Waals surface area contributed by atoms with E-state index in [-0.39, 0.29) is 35.9 Å². The minimum Gasteiger partial charge on any atom is -0.365 e. The van der Waals surface area contributed by atoms with Crippen molar-refractivity contribution in [3.63, 3.8) is 0 Å². The van der Waals surface area contributed by atoms with Gasteiger partial charge in [0.25, 0.3) is 11.8 Å². The van der Waals surface area contributed by atoms with Crippen molar-refractivity contribution in [3.8, 4) is 0 Å². The molecule has 2 saturated heterocycles. The average Bonchev–Trinajstić information content (AvgIpc) is 2.76. The van der Waals surface area contributed by atoms with Crippen molar-refractivity contribution in [3.05, 3.63) is 12.2 Å². The third-order valence-corrected chi connectivity index (χ3v) is 2.94. The predicted octanol–water partition coefficient (Wildman–Crippen LogP) is -1.20. The number of carbonyl (C=O) groups excluding carboxylic acids is 2. The van der Waals surface area contributed by atoms with Crippen molar-refractivity contribution >= 4 is 11.8 Å². The number of rotatable bonds is 0. The SMILES string of the molecule is NN1C(=O)[C@H]2[C@H](C1=O)[C@H]1C=C[C@H]2O1. The van der Waals surface area contributed by atoms with E-state index in [2.05, 4.69) is 0 Å². The molecule has 3 heterocycles. The standard InChI is InChI=1S/C8H8N2O3/c9-10-7(11)5-3-1-2-4(13-3)6(5)8(10)12/h1-6H,9H2/t3-,4-,5-,6-/m1/s1. The minimum atomic E-state index is -0.368. The molecular weight excluding hydrogens is 172 g/mol. The van der Waals surface area contributed by atoms with Crippen LogP contribution in [0.1, 0.15) is 0 Å². The molecule has 0 aromatic rings. The molecule has 2 fully saturated rings. The van der Waals surface area contributed by atoms with E-state index < -0.39 is 0 Å². The minimum absolute atomic E-state index is 0.236. The van der Waals surface area contributed by atoms with Gasteiger partial charge < -0.3 is 4.74 Å². The molecule has 5 heteroatoms. The van der Waals surface area contributed by atoms with Gasteiger partial charge in [-0.2, -0.15) is 0 Å². The van der Waals surface area contributed by atoms with Crippen LogP contribution in [-0.2, 0) is 14.3 Å². The lowest BCUT2D eigenvalue weighted by Gasteiger charge is -2.10. The summed E-state index contributed by atoms with van der Waals surface area (Å²) < 4.78 is 5.39. The number of hydrazine groups is 1. The maximum absolute atomic E-state index is 11.5. The first kappa shape index (κ1) is 7.23. The Kier molecular flexibility index (Phi) is 1.11. The first-order valence-electron chi connectivity index (χ1n) is 4.16. The number of nitrogens with two attached hydrogens (primary N) is 1. The van der Waals surface area contributed by atoms with E-state index in [1.807, 2.05) is 12.2 Å². The lowest BCUT2D eigenvalue weighted by atomic mass is 9.85. The van der Waals surface area contributed by atoms with Crippen molar-refractivity contribution in [2.75, 3.05) is 0 Å². The number of nitrogens with zero attached hydrogens (tertiary/aromatic N) is 1. The van der Waals surface area contributed by atoms with Gasteiger partial charge in [0.05, 0.1) is 24.0 Å². The van der Waals surface area contributed by atoms with Crippen LogP contribution in [0.15, 0.2) is 12.2 Å². The molecule has 2 N–H and O–H groups in total. The van der Waals surface area contributed by atoms with E-state index in [0.717, 1.165) is 5.01 Å². The second kappa shape index (κ2) is 2.00. The van der Waals surface area contributed by atoms with E-state index >= 15 is 0 Å². The molecule has 5 nitrogen and oxygen atoms in total. The molecule has 3 rings (SSSR count). The van der Waals surface area contributed by atoms with Crippen LogP contribution in [0.3, 0.4) is 0 Å². The molecule has 0 saturated carbocycles. The number of amides is 2. The molecule has 3 aliphatic heterocycles. The zero-order valence-electron chi connectivity index (χ0n) is 6.71. The van der Waals surface area contributed by atoms with Crippen LogP contribution in [0, 0.1) is 11.8 Å². The summed E-state index contributed by atoms with van der Waals surface area (Å²) in [4.78, 5) is 22.9. The van der Waals surface area contributed by atoms with E-state index in [9.17, 15) is 9.59 Å². The van der Waals surface area contributed by atoms with Gasteiger partial charge in [-0.15, -0.1) is 0 Å². The van der Waals surface area contributed by atoms with Crippen molar-refractivity contribution < 1.29 is 14.3 Å². The van der Waals surface area contributed by atoms with Gasteiger partial charge in [-0.05, 0) is 0 Å². The van der Waals surface area contributed by atoms with Crippen LogP contribution in [0.25, 0.3) is 0 Å². The van der Waals surface area contributed by atoms with E-state index in [0.29, 0.717) is 0 Å². The van der Waals surface area contributed by atoms with Gasteiger partial charge in [0.15, 0.2) is 0 Å². The Bertz CT molecular complexity index is 308. The molecule has 0 radical (unpaired) electrons. The van der Waals surface area contributed by atoms with Crippen molar-refractivity contribution in [1.29, 1.82) is 0 Å². The highest BCUT2D eigenvalue weighted by Gasteiger charge is 2.60. The van der Waals surface area contributed by atoms with Crippen LogP contribution in [0.2, 0.25) is 0 Å². The average molecular weight is 180 g/mol. The van der Waals surface area contributed by atoms with Gasteiger partial charge in [-0.25, -0.2) is 10.9 Å². The van der Waals surface area contributed by atoms with Gasteiger partial charge in [0, 0.05) is 0 Å². The third-order valence-electron chi connectivity index (χ3n) is 2.94. The fraction of sp³-hybridized carbons (Fsp3) is 0.500. The number of carbonyl (C=O) groups is 2. The van der Waals surface area contributed by atoms with Crippen LogP contribution >= 0.6 is 0 Å². The lowest BCUT2D eigenvalue weighted by Crippen LogP contribution is -2.39. The van der Waals surface area contributed by atoms with Crippen LogP contribution < -0.4 is 5.84 Å². The Morgan fingerprint density at radius 2 is 1.62 bits per heavy atom. The van der Waals surface area contributed by atoms with Crippen LogP contribution in [0.4, 0.5) is 0 Å². The summed E-state index contributed by atoms with van der Waals surface area (Å²) in [6.07, 6.45) is 3.19. The fourth-order valence-electron chi connectivity index (χ4n) is 2.33. The Morgan fingerprint density at radius 3 is 2.08 bits per heavy atom. The van der Waals surface area contributed by atoms with Crippen LogP contribution in [-0.4, -0.2) is 29.0 Å². The third kappa shape index (κ3) is 0.653. The molecule has 13 heavy (non-hydrogen) atoms. The number of hydrogen-bond acceptors (Lipinski definition) is 4. The summed E-state index contributed by atoms with van der Waals surface area (Å²) in [5, 5.41) is 0.727. The molecule has 2 bridgehead atoms. The molecule has 3 aliphatic rings. The van der Waals surface area contributed by atoms with Gasteiger partial charge in [0.1, 0.15) is 0 Å². The molecule has 68 valence electrons. The van der Waals surface area contributed by atoms with E-state index in [1.54, 1.807) is 0 Å². The molecule has 0 aromatic carbocycles. The summed E-state index contributed by atoms with van der Waals surface area (Å²) in [6.45, 7) is 0. The highest BCUT2D eigenvalue weighted by Crippen LogP contribution is 2.43. The predicted molar refractivity (Wildman–Crippen MR) is 40.8 cm³/mol. The summed E-state index contributed by atoms with van der Waals surface area (Å²) in [6, 6.07) is 0. The quantitative estimate of drug-likeness (QED) is 0.220. The van der Waals surface area contributed by atoms with Crippen molar-refractivity contribution in [1.82, 2.24) is 5.01 Å². The van der Waals surface area contributed by atoms with E-state index in [1.165, 1.54) is 0 Å². The van der Waals surface area contributed by atoms with Gasteiger partial charge in [-0.1, -0.05) is 12.2 Å². The fourth-order valence-corrected chi connectivity index (χ4v) is 2.33. The monoisotopic (exact) mass is 180 g/mol. The first-order chi connectivity index (χ1) is 6.20. The second-order valence-electron chi connectivity index (χ2n) is 3.55. The highest BCUT2D eigenvalue weighted by molar-refractivity contribution is 6.06. The van der Waals surface area contributed by atoms with E-state index in [4.69, 9.17) is 10.6 Å². The Labute approximate surface area is 74.1 Å².